The van der Waals surface area contributed by atoms with E-state index in [0.29, 0.717) is 13.0 Å². The van der Waals surface area contributed by atoms with Gasteiger partial charge >= 0.3 is 6.18 Å². The number of hydrogen-bond acceptors (Lipinski definition) is 2. The summed E-state index contributed by atoms with van der Waals surface area (Å²) in [7, 11) is 3.71. The van der Waals surface area contributed by atoms with Gasteiger partial charge in [0.25, 0.3) is 0 Å². The maximum atomic E-state index is 13.3. The first-order valence-corrected chi connectivity index (χ1v) is 6.32. The van der Waals surface area contributed by atoms with Gasteiger partial charge in [-0.05, 0) is 37.6 Å². The predicted octanol–water partition coefficient (Wildman–Crippen LogP) is 3.53. The molecule has 1 N–H and O–H groups in total. The van der Waals surface area contributed by atoms with E-state index in [9.17, 15) is 13.2 Å². The van der Waals surface area contributed by atoms with Crippen molar-refractivity contribution in [1.29, 1.82) is 0 Å². The molecule has 108 valence electrons. The maximum Gasteiger partial charge on any atom is 0.410 e. The molecule has 19 heavy (non-hydrogen) atoms. The lowest BCUT2D eigenvalue weighted by Crippen LogP contribution is -2.51. The van der Waals surface area contributed by atoms with Crippen LogP contribution in [0.3, 0.4) is 0 Å². The van der Waals surface area contributed by atoms with Crippen molar-refractivity contribution in [3.63, 3.8) is 0 Å². The van der Waals surface area contributed by atoms with Crippen LogP contribution in [0, 0.1) is 0 Å². The number of nitrogens with zero attached hydrogens (tertiary/aromatic N) is 1. The van der Waals surface area contributed by atoms with Crippen LogP contribution in [0.15, 0.2) is 24.3 Å². The molecule has 0 aromatic heterocycles. The lowest BCUT2D eigenvalue weighted by molar-refractivity contribution is -0.195. The second kappa shape index (κ2) is 5.82. The monoisotopic (exact) mass is 274 g/mol. The third-order valence-electron chi connectivity index (χ3n) is 3.26. The highest BCUT2D eigenvalue weighted by Gasteiger charge is 2.51. The van der Waals surface area contributed by atoms with Gasteiger partial charge in [0.2, 0.25) is 0 Å². The molecule has 0 saturated carbocycles. The van der Waals surface area contributed by atoms with Crippen molar-refractivity contribution in [3.8, 4) is 0 Å². The standard InChI is InChI=1S/C14H21F3N2/c1-5-10-18-13(2,14(15,16)17)11-6-8-12(9-7-11)19(3)4/h6-9,18H,5,10H2,1-4H3. The Hall–Kier alpha value is -1.23. The summed E-state index contributed by atoms with van der Waals surface area (Å²) >= 11 is 0. The van der Waals surface area contributed by atoms with E-state index in [1.165, 1.54) is 19.1 Å². The largest absolute Gasteiger partial charge is 0.410 e. The maximum absolute atomic E-state index is 13.3. The molecule has 0 aliphatic heterocycles. The molecule has 0 amide bonds. The quantitative estimate of drug-likeness (QED) is 0.883. The minimum Gasteiger partial charge on any atom is -0.378 e. The van der Waals surface area contributed by atoms with Gasteiger partial charge in [0.1, 0.15) is 5.54 Å². The fourth-order valence-electron chi connectivity index (χ4n) is 1.83. The van der Waals surface area contributed by atoms with Gasteiger partial charge in [0.15, 0.2) is 0 Å². The van der Waals surface area contributed by atoms with Gasteiger partial charge in [-0.1, -0.05) is 19.1 Å². The number of hydrogen-bond donors (Lipinski definition) is 1. The van der Waals surface area contributed by atoms with Crippen LogP contribution in [0.1, 0.15) is 25.8 Å². The third kappa shape index (κ3) is 3.41. The van der Waals surface area contributed by atoms with E-state index in [0.717, 1.165) is 5.69 Å². The van der Waals surface area contributed by atoms with Crippen molar-refractivity contribution in [2.45, 2.75) is 32.0 Å². The zero-order valence-corrected chi connectivity index (χ0v) is 11.8. The zero-order chi connectivity index (χ0) is 14.7. The Balaban J connectivity index is 3.11. The van der Waals surface area contributed by atoms with Crippen molar-refractivity contribution in [2.24, 2.45) is 0 Å². The Labute approximate surface area is 112 Å². The van der Waals surface area contributed by atoms with Crippen LogP contribution in [0.2, 0.25) is 0 Å². The highest BCUT2D eigenvalue weighted by molar-refractivity contribution is 5.47. The summed E-state index contributed by atoms with van der Waals surface area (Å²) in [6.45, 7) is 3.36. The molecule has 1 atom stereocenters. The smallest absolute Gasteiger partial charge is 0.378 e. The van der Waals surface area contributed by atoms with E-state index in [-0.39, 0.29) is 5.56 Å². The third-order valence-corrected chi connectivity index (χ3v) is 3.26. The molecule has 1 unspecified atom stereocenters. The van der Waals surface area contributed by atoms with Crippen molar-refractivity contribution < 1.29 is 13.2 Å². The summed E-state index contributed by atoms with van der Waals surface area (Å²) in [6.07, 6.45) is -3.68. The molecule has 0 bridgehead atoms. The van der Waals surface area contributed by atoms with Crippen LogP contribution < -0.4 is 10.2 Å². The van der Waals surface area contributed by atoms with Gasteiger partial charge in [-0.2, -0.15) is 13.2 Å². The van der Waals surface area contributed by atoms with Gasteiger partial charge in [0, 0.05) is 19.8 Å². The van der Waals surface area contributed by atoms with E-state index in [2.05, 4.69) is 5.32 Å². The molecule has 0 spiro atoms. The van der Waals surface area contributed by atoms with E-state index in [1.54, 1.807) is 12.1 Å². The van der Waals surface area contributed by atoms with Crippen molar-refractivity contribution >= 4 is 5.69 Å². The molecular weight excluding hydrogens is 253 g/mol. The van der Waals surface area contributed by atoms with Gasteiger partial charge in [-0.3, -0.25) is 0 Å². The highest BCUT2D eigenvalue weighted by atomic mass is 19.4. The summed E-state index contributed by atoms with van der Waals surface area (Å²) in [4.78, 5) is 1.86. The summed E-state index contributed by atoms with van der Waals surface area (Å²) in [6, 6.07) is 6.47. The van der Waals surface area contributed by atoms with Gasteiger partial charge in [0.05, 0.1) is 0 Å². The Morgan fingerprint density at radius 3 is 2.00 bits per heavy atom. The average molecular weight is 274 g/mol. The minimum atomic E-state index is -4.33. The van der Waals surface area contributed by atoms with Crippen molar-refractivity contribution in [2.75, 3.05) is 25.5 Å². The Morgan fingerprint density at radius 1 is 1.11 bits per heavy atom. The predicted molar refractivity (Wildman–Crippen MR) is 72.5 cm³/mol. The lowest BCUT2D eigenvalue weighted by Gasteiger charge is -2.34. The van der Waals surface area contributed by atoms with E-state index < -0.39 is 11.7 Å². The lowest BCUT2D eigenvalue weighted by atomic mass is 9.90. The normalized spacial score (nSPS) is 15.1. The Kier molecular flexibility index (Phi) is 4.85. The van der Waals surface area contributed by atoms with E-state index in [4.69, 9.17) is 0 Å². The van der Waals surface area contributed by atoms with Crippen LogP contribution in [0.4, 0.5) is 18.9 Å². The van der Waals surface area contributed by atoms with Crippen LogP contribution >= 0.6 is 0 Å². The van der Waals surface area contributed by atoms with Gasteiger partial charge < -0.3 is 10.2 Å². The molecule has 0 aliphatic carbocycles. The van der Waals surface area contributed by atoms with Crippen LogP contribution in [0.5, 0.6) is 0 Å². The molecule has 0 heterocycles. The number of alkyl halides is 3. The SMILES string of the molecule is CCCNC(C)(c1ccc(N(C)C)cc1)C(F)(F)F. The topological polar surface area (TPSA) is 15.3 Å². The summed E-state index contributed by atoms with van der Waals surface area (Å²) in [5, 5.41) is 2.61. The van der Waals surface area contributed by atoms with Crippen LogP contribution in [0.25, 0.3) is 0 Å². The van der Waals surface area contributed by atoms with Crippen LogP contribution in [-0.2, 0) is 5.54 Å². The molecule has 2 nitrogen and oxygen atoms in total. The molecule has 0 aliphatic rings. The number of nitrogens with one attached hydrogen (secondary N) is 1. The molecule has 5 heteroatoms. The summed E-state index contributed by atoms with van der Waals surface area (Å²) < 4.78 is 39.9. The Bertz CT molecular complexity index is 398. The Morgan fingerprint density at radius 2 is 1.63 bits per heavy atom. The van der Waals surface area contributed by atoms with E-state index >= 15 is 0 Å². The first-order valence-electron chi connectivity index (χ1n) is 6.32. The number of halogens is 3. The average Bonchev–Trinajstić information content (AvgIpc) is 2.34. The highest BCUT2D eigenvalue weighted by Crippen LogP contribution is 2.39. The minimum absolute atomic E-state index is 0.235. The van der Waals surface area contributed by atoms with Crippen LogP contribution in [-0.4, -0.2) is 26.8 Å². The molecule has 0 saturated heterocycles. The van der Waals surface area contributed by atoms with Gasteiger partial charge in [-0.15, -0.1) is 0 Å². The molecule has 1 aromatic carbocycles. The first-order chi connectivity index (χ1) is 8.72. The summed E-state index contributed by atoms with van der Waals surface area (Å²) in [5.41, 5.74) is -0.892. The second-order valence-corrected chi connectivity index (χ2v) is 4.99. The zero-order valence-electron chi connectivity index (χ0n) is 11.8. The summed E-state index contributed by atoms with van der Waals surface area (Å²) in [5.74, 6) is 0. The number of anilines is 1. The fourth-order valence-corrected chi connectivity index (χ4v) is 1.83. The number of rotatable bonds is 5. The van der Waals surface area contributed by atoms with Crippen molar-refractivity contribution in [3.05, 3.63) is 29.8 Å². The van der Waals surface area contributed by atoms with E-state index in [1.807, 2.05) is 25.9 Å². The fraction of sp³-hybridized carbons (Fsp3) is 0.571. The molecule has 1 rings (SSSR count). The van der Waals surface area contributed by atoms with Gasteiger partial charge in [-0.25, -0.2) is 0 Å². The molecular formula is C14H21F3N2. The molecule has 0 radical (unpaired) electrons. The number of benzene rings is 1. The molecule has 0 fully saturated rings. The molecule has 1 aromatic rings. The first kappa shape index (κ1) is 15.8. The second-order valence-electron chi connectivity index (χ2n) is 4.99. The van der Waals surface area contributed by atoms with Crippen molar-refractivity contribution in [1.82, 2.24) is 5.32 Å².